The van der Waals surface area contributed by atoms with Crippen LogP contribution in [-0.4, -0.2) is 29.5 Å². The van der Waals surface area contributed by atoms with Crippen molar-refractivity contribution in [3.63, 3.8) is 0 Å². The van der Waals surface area contributed by atoms with Crippen LogP contribution >= 0.6 is 15.9 Å². The van der Waals surface area contributed by atoms with Gasteiger partial charge in [0, 0.05) is 19.7 Å². The van der Waals surface area contributed by atoms with E-state index in [4.69, 9.17) is 4.74 Å². The third kappa shape index (κ3) is 3.79. The Hall–Kier alpha value is -0.880. The zero-order valence-electron chi connectivity index (χ0n) is 11.2. The Morgan fingerprint density at radius 2 is 2.47 bits per heavy atom. The first kappa shape index (κ1) is 14.5. The van der Waals surface area contributed by atoms with Crippen molar-refractivity contribution in [1.82, 2.24) is 9.78 Å². The van der Waals surface area contributed by atoms with E-state index in [0.717, 1.165) is 38.3 Å². The highest BCUT2D eigenvalue weighted by molar-refractivity contribution is 9.10. The molecule has 0 aliphatic carbocycles. The average molecular weight is 330 g/mol. The van der Waals surface area contributed by atoms with Crippen LogP contribution < -0.4 is 10.9 Å². The summed E-state index contributed by atoms with van der Waals surface area (Å²) in [5.74, 6) is 0.513. The molecule has 1 saturated heterocycles. The quantitative estimate of drug-likeness (QED) is 0.900. The van der Waals surface area contributed by atoms with Gasteiger partial charge in [-0.25, -0.2) is 4.68 Å². The second kappa shape index (κ2) is 7.05. The van der Waals surface area contributed by atoms with E-state index in [9.17, 15) is 4.79 Å². The van der Waals surface area contributed by atoms with Gasteiger partial charge in [0.25, 0.3) is 5.56 Å². The number of aromatic nitrogens is 2. The minimum absolute atomic E-state index is 0.0771. The van der Waals surface area contributed by atoms with Crippen molar-refractivity contribution < 1.29 is 4.74 Å². The molecule has 1 aliphatic rings. The van der Waals surface area contributed by atoms with Crippen molar-refractivity contribution >= 4 is 21.6 Å². The second-order valence-electron chi connectivity index (χ2n) is 4.86. The Morgan fingerprint density at radius 3 is 3.16 bits per heavy atom. The van der Waals surface area contributed by atoms with E-state index in [1.807, 2.05) is 6.92 Å². The Kier molecular flexibility index (Phi) is 5.39. The van der Waals surface area contributed by atoms with Crippen molar-refractivity contribution in [3.8, 4) is 0 Å². The summed E-state index contributed by atoms with van der Waals surface area (Å²) in [6, 6.07) is 0. The SMILES string of the molecule is CCCn1ncc(NCC2CCCOC2)c(Br)c1=O. The number of hydrogen-bond donors (Lipinski definition) is 1. The summed E-state index contributed by atoms with van der Waals surface area (Å²) in [6.45, 7) is 5.16. The molecule has 1 N–H and O–H groups in total. The van der Waals surface area contributed by atoms with Crippen LogP contribution in [0.25, 0.3) is 0 Å². The van der Waals surface area contributed by atoms with Gasteiger partial charge in [0.05, 0.1) is 18.5 Å². The van der Waals surface area contributed by atoms with Gasteiger partial charge in [0.1, 0.15) is 4.47 Å². The van der Waals surface area contributed by atoms with Gasteiger partial charge in [0.2, 0.25) is 0 Å². The lowest BCUT2D eigenvalue weighted by atomic mass is 10.0. The third-order valence-electron chi connectivity index (χ3n) is 3.26. The molecule has 0 saturated carbocycles. The lowest BCUT2D eigenvalue weighted by Crippen LogP contribution is -2.27. The lowest BCUT2D eigenvalue weighted by molar-refractivity contribution is 0.0595. The molecule has 106 valence electrons. The Balaban J connectivity index is 2.00. The van der Waals surface area contributed by atoms with Gasteiger partial charge in [0.15, 0.2) is 0 Å². The van der Waals surface area contributed by atoms with Crippen molar-refractivity contribution in [2.24, 2.45) is 5.92 Å². The molecule has 1 aliphatic heterocycles. The van der Waals surface area contributed by atoms with E-state index < -0.39 is 0 Å². The molecule has 0 bridgehead atoms. The highest BCUT2D eigenvalue weighted by atomic mass is 79.9. The number of aryl methyl sites for hydroxylation is 1. The largest absolute Gasteiger partial charge is 0.382 e. The molecule has 19 heavy (non-hydrogen) atoms. The van der Waals surface area contributed by atoms with E-state index in [1.54, 1.807) is 6.20 Å². The van der Waals surface area contributed by atoms with Crippen LogP contribution in [0.15, 0.2) is 15.5 Å². The fraction of sp³-hybridized carbons (Fsp3) is 0.692. The molecule has 5 nitrogen and oxygen atoms in total. The zero-order chi connectivity index (χ0) is 13.7. The Labute approximate surface area is 121 Å². The maximum absolute atomic E-state index is 12.0. The van der Waals surface area contributed by atoms with E-state index in [1.165, 1.54) is 11.1 Å². The molecule has 2 heterocycles. The van der Waals surface area contributed by atoms with Gasteiger partial charge >= 0.3 is 0 Å². The Bertz CT molecular complexity index is 469. The van der Waals surface area contributed by atoms with Crippen molar-refractivity contribution in [1.29, 1.82) is 0 Å². The predicted molar refractivity (Wildman–Crippen MR) is 78.5 cm³/mol. The van der Waals surface area contributed by atoms with E-state index in [2.05, 4.69) is 26.3 Å². The summed E-state index contributed by atoms with van der Waals surface area (Å²) in [5, 5.41) is 7.46. The topological polar surface area (TPSA) is 56.1 Å². The smallest absolute Gasteiger partial charge is 0.283 e. The summed E-state index contributed by atoms with van der Waals surface area (Å²) in [7, 11) is 0. The fourth-order valence-corrected chi connectivity index (χ4v) is 2.63. The van der Waals surface area contributed by atoms with Crippen LogP contribution in [0.1, 0.15) is 26.2 Å². The zero-order valence-corrected chi connectivity index (χ0v) is 12.8. The van der Waals surface area contributed by atoms with E-state index in [-0.39, 0.29) is 5.56 Å². The molecule has 0 radical (unpaired) electrons. The number of rotatable bonds is 5. The van der Waals surface area contributed by atoms with Crippen LogP contribution in [-0.2, 0) is 11.3 Å². The van der Waals surface area contributed by atoms with Gasteiger partial charge in [-0.2, -0.15) is 5.10 Å². The van der Waals surface area contributed by atoms with Gasteiger partial charge in [-0.05, 0) is 41.1 Å². The monoisotopic (exact) mass is 329 g/mol. The van der Waals surface area contributed by atoms with Gasteiger partial charge in [-0.15, -0.1) is 0 Å². The van der Waals surface area contributed by atoms with Crippen LogP contribution in [0, 0.1) is 5.92 Å². The minimum atomic E-state index is -0.0771. The third-order valence-corrected chi connectivity index (χ3v) is 4.02. The van der Waals surface area contributed by atoms with E-state index >= 15 is 0 Å². The predicted octanol–water partition coefficient (Wildman–Crippen LogP) is 2.25. The van der Waals surface area contributed by atoms with Gasteiger partial charge in [-0.1, -0.05) is 6.92 Å². The molecule has 0 aromatic carbocycles. The first-order valence-electron chi connectivity index (χ1n) is 6.79. The van der Waals surface area contributed by atoms with Crippen LogP contribution in [0.3, 0.4) is 0 Å². The number of anilines is 1. The maximum Gasteiger partial charge on any atom is 0.283 e. The molecule has 0 amide bonds. The standard InChI is InChI=1S/C13H20BrN3O2/c1-2-5-17-13(18)12(14)11(8-16-17)15-7-10-4-3-6-19-9-10/h8,10,15H,2-7,9H2,1H3. The molecule has 2 rings (SSSR count). The first-order chi connectivity index (χ1) is 9.22. The minimum Gasteiger partial charge on any atom is -0.382 e. The van der Waals surface area contributed by atoms with Crippen molar-refractivity contribution in [2.75, 3.05) is 25.1 Å². The summed E-state index contributed by atoms with van der Waals surface area (Å²) >= 11 is 3.36. The molecule has 1 aromatic rings. The van der Waals surface area contributed by atoms with E-state index in [0.29, 0.717) is 16.9 Å². The summed E-state index contributed by atoms with van der Waals surface area (Å²) < 4.78 is 7.49. The maximum atomic E-state index is 12.0. The summed E-state index contributed by atoms with van der Waals surface area (Å²) in [5.41, 5.74) is 0.690. The number of halogens is 1. The van der Waals surface area contributed by atoms with Crippen molar-refractivity contribution in [2.45, 2.75) is 32.7 Å². The van der Waals surface area contributed by atoms with Gasteiger partial charge < -0.3 is 10.1 Å². The number of ether oxygens (including phenoxy) is 1. The highest BCUT2D eigenvalue weighted by Gasteiger charge is 2.15. The summed E-state index contributed by atoms with van der Waals surface area (Å²) in [4.78, 5) is 12.0. The number of nitrogens with zero attached hydrogens (tertiary/aromatic N) is 2. The molecule has 1 atom stereocenters. The molecule has 1 unspecified atom stereocenters. The second-order valence-corrected chi connectivity index (χ2v) is 5.66. The normalized spacial score (nSPS) is 19.4. The molecule has 0 spiro atoms. The fourth-order valence-electron chi connectivity index (χ4n) is 2.18. The van der Waals surface area contributed by atoms with Crippen LogP contribution in [0.2, 0.25) is 0 Å². The molecule has 1 aromatic heterocycles. The van der Waals surface area contributed by atoms with Gasteiger partial charge in [-0.3, -0.25) is 4.79 Å². The van der Waals surface area contributed by atoms with Crippen LogP contribution in [0.4, 0.5) is 5.69 Å². The number of nitrogens with one attached hydrogen (secondary N) is 1. The molecule has 1 fully saturated rings. The first-order valence-corrected chi connectivity index (χ1v) is 7.59. The molecule has 6 heteroatoms. The average Bonchev–Trinajstić information content (AvgIpc) is 2.44. The Morgan fingerprint density at radius 1 is 1.63 bits per heavy atom. The lowest BCUT2D eigenvalue weighted by Gasteiger charge is -2.22. The van der Waals surface area contributed by atoms with Crippen molar-refractivity contribution in [3.05, 3.63) is 21.0 Å². The molecular formula is C13H20BrN3O2. The highest BCUT2D eigenvalue weighted by Crippen LogP contribution is 2.19. The number of hydrogen-bond acceptors (Lipinski definition) is 4. The summed E-state index contributed by atoms with van der Waals surface area (Å²) in [6.07, 6.45) is 4.89. The molecular weight excluding hydrogens is 310 g/mol. The van der Waals surface area contributed by atoms with Crippen LogP contribution in [0.5, 0.6) is 0 Å².